The second kappa shape index (κ2) is 14.5. The van der Waals surface area contributed by atoms with Crippen LogP contribution in [-0.4, -0.2) is 62.0 Å². The van der Waals surface area contributed by atoms with Crippen LogP contribution < -0.4 is 9.64 Å². The summed E-state index contributed by atoms with van der Waals surface area (Å²) in [6, 6.07) is 13.0. The van der Waals surface area contributed by atoms with E-state index in [1.807, 2.05) is 55.4 Å². The largest absolute Gasteiger partial charge is 0.494 e. The zero-order chi connectivity index (χ0) is 30.3. The number of aliphatic hydroxyl groups is 1. The van der Waals surface area contributed by atoms with Crippen LogP contribution >= 0.6 is 7.60 Å². The fraction of sp³-hybridized carbons (Fsp3) is 0.613. The maximum atomic E-state index is 14.0. The molecule has 0 spiro atoms. The van der Waals surface area contributed by atoms with Crippen molar-refractivity contribution in [1.29, 1.82) is 0 Å². The maximum absolute atomic E-state index is 14.0. The molecule has 0 saturated carbocycles. The summed E-state index contributed by atoms with van der Waals surface area (Å²) in [5.74, 6) is 0.0809. The van der Waals surface area contributed by atoms with E-state index >= 15 is 0 Å². The highest BCUT2D eigenvalue weighted by atomic mass is 32.2. The zero-order valence-corrected chi connectivity index (χ0v) is 26.7. The number of aliphatic hydroxyl groups excluding tert-OH is 1. The molecule has 1 aliphatic rings. The van der Waals surface area contributed by atoms with Crippen molar-refractivity contribution in [1.82, 2.24) is 0 Å². The van der Waals surface area contributed by atoms with Gasteiger partial charge in [-0.3, -0.25) is 4.57 Å². The predicted octanol–water partition coefficient (Wildman–Crippen LogP) is 6.13. The molecular weight excluding hydrogens is 561 g/mol. The Morgan fingerprint density at radius 1 is 0.951 bits per heavy atom. The molecule has 2 aromatic carbocycles. The molecule has 0 amide bonds. The van der Waals surface area contributed by atoms with Crippen LogP contribution in [0.25, 0.3) is 0 Å². The van der Waals surface area contributed by atoms with E-state index in [1.165, 1.54) is 0 Å². The number of benzene rings is 2. The Morgan fingerprint density at radius 3 is 2.15 bits per heavy atom. The van der Waals surface area contributed by atoms with Crippen molar-refractivity contribution in [3.63, 3.8) is 0 Å². The van der Waals surface area contributed by atoms with E-state index in [9.17, 15) is 18.1 Å². The number of unbranched alkanes of at least 4 members (excludes halogenated alkanes) is 4. The molecule has 2 atom stereocenters. The van der Waals surface area contributed by atoms with E-state index in [0.717, 1.165) is 36.9 Å². The molecule has 230 valence electrons. The van der Waals surface area contributed by atoms with Crippen molar-refractivity contribution in [2.45, 2.75) is 88.6 Å². The van der Waals surface area contributed by atoms with E-state index < -0.39 is 34.9 Å². The molecule has 3 rings (SSSR count). The quantitative estimate of drug-likeness (QED) is 0.163. The third kappa shape index (κ3) is 8.80. The van der Waals surface area contributed by atoms with Gasteiger partial charge in [0, 0.05) is 37.3 Å². The van der Waals surface area contributed by atoms with Crippen molar-refractivity contribution in [3.05, 3.63) is 53.6 Å². The average Bonchev–Trinajstić information content (AvgIpc) is 2.98. The van der Waals surface area contributed by atoms with E-state index in [0.29, 0.717) is 54.9 Å². The lowest BCUT2D eigenvalue weighted by Gasteiger charge is -2.40. The molecule has 0 fully saturated rings. The van der Waals surface area contributed by atoms with Crippen molar-refractivity contribution in [2.75, 3.05) is 37.5 Å². The number of nitrogens with zero attached hydrogens (tertiary/aromatic N) is 1. The molecule has 1 aliphatic heterocycles. The fourth-order valence-electron chi connectivity index (χ4n) is 5.95. The Balaban J connectivity index is 1.97. The molecule has 10 heteroatoms. The van der Waals surface area contributed by atoms with Gasteiger partial charge in [0.1, 0.15) is 5.75 Å². The van der Waals surface area contributed by atoms with Crippen molar-refractivity contribution < 1.29 is 32.6 Å². The Bertz CT molecular complexity index is 1270. The molecule has 0 aliphatic carbocycles. The number of rotatable bonds is 15. The normalized spacial score (nSPS) is 19.8. The molecule has 8 nitrogen and oxygen atoms in total. The van der Waals surface area contributed by atoms with Crippen LogP contribution in [0.2, 0.25) is 0 Å². The first-order valence-electron chi connectivity index (χ1n) is 14.8. The summed E-state index contributed by atoms with van der Waals surface area (Å²) >= 11 is 0. The molecule has 1 heterocycles. The van der Waals surface area contributed by atoms with Gasteiger partial charge in [0.2, 0.25) is 0 Å². The lowest BCUT2D eigenvalue weighted by molar-refractivity contribution is 0.0127. The Morgan fingerprint density at radius 2 is 1.59 bits per heavy atom. The highest BCUT2D eigenvalue weighted by molar-refractivity contribution is 7.91. The van der Waals surface area contributed by atoms with Crippen LogP contribution in [0.15, 0.2) is 47.4 Å². The fourth-order valence-corrected chi connectivity index (χ4v) is 8.78. The van der Waals surface area contributed by atoms with Crippen molar-refractivity contribution in [3.8, 4) is 5.75 Å². The van der Waals surface area contributed by atoms with Crippen LogP contribution in [0.1, 0.15) is 88.7 Å². The summed E-state index contributed by atoms with van der Waals surface area (Å²) in [6.45, 7) is 4.62. The maximum Gasteiger partial charge on any atom is 0.325 e. The number of anilines is 1. The average molecular weight is 610 g/mol. The molecule has 41 heavy (non-hydrogen) atoms. The minimum Gasteiger partial charge on any atom is -0.494 e. The lowest BCUT2D eigenvalue weighted by atomic mass is 9.68. The summed E-state index contributed by atoms with van der Waals surface area (Å²) in [7, 11) is -3.78. The van der Waals surface area contributed by atoms with E-state index in [4.69, 9.17) is 14.5 Å². The molecule has 0 unspecified atom stereocenters. The third-order valence-electron chi connectivity index (χ3n) is 8.26. The first-order chi connectivity index (χ1) is 19.3. The van der Waals surface area contributed by atoms with Crippen molar-refractivity contribution >= 4 is 23.1 Å². The second-order valence-corrected chi connectivity index (χ2v) is 15.5. The van der Waals surface area contributed by atoms with Crippen LogP contribution in [0.3, 0.4) is 0 Å². The summed E-state index contributed by atoms with van der Waals surface area (Å²) in [5, 5.41) is 12.3. The van der Waals surface area contributed by atoms with E-state index in [-0.39, 0.29) is 11.9 Å². The number of hydrogen-bond donors (Lipinski definition) is 3. The first-order valence-corrected chi connectivity index (χ1v) is 18.3. The first kappa shape index (κ1) is 33.6. The van der Waals surface area contributed by atoms with Crippen LogP contribution in [0.5, 0.6) is 5.75 Å². The summed E-state index contributed by atoms with van der Waals surface area (Å²) in [4.78, 5) is 20.2. The monoisotopic (exact) mass is 609 g/mol. The van der Waals surface area contributed by atoms with Gasteiger partial charge in [0.25, 0.3) is 0 Å². The number of ether oxygens (including phenoxy) is 1. The predicted molar refractivity (Wildman–Crippen MR) is 165 cm³/mol. The van der Waals surface area contributed by atoms with Gasteiger partial charge in [-0.25, -0.2) is 8.42 Å². The summed E-state index contributed by atoms with van der Waals surface area (Å²) in [6.07, 6.45) is 5.64. The van der Waals surface area contributed by atoms with Crippen LogP contribution in [-0.2, 0) is 14.4 Å². The minimum atomic E-state index is -3.96. The zero-order valence-electron chi connectivity index (χ0n) is 25.0. The Labute approximate surface area is 246 Å². The lowest BCUT2D eigenvalue weighted by Crippen LogP contribution is -2.43. The van der Waals surface area contributed by atoms with E-state index in [2.05, 4.69) is 13.8 Å². The van der Waals surface area contributed by atoms with Crippen molar-refractivity contribution in [2.24, 2.45) is 5.41 Å². The Hall–Kier alpha value is -1.90. The minimum absolute atomic E-state index is 0.0603. The molecule has 0 saturated heterocycles. The number of fused-ring (bicyclic) bond motifs is 1. The molecule has 3 N–H and O–H groups in total. The van der Waals surface area contributed by atoms with Crippen LogP contribution in [0.4, 0.5) is 5.69 Å². The van der Waals surface area contributed by atoms with Gasteiger partial charge in [0.15, 0.2) is 9.84 Å². The molecule has 2 aromatic rings. The summed E-state index contributed by atoms with van der Waals surface area (Å²) < 4.78 is 44.8. The second-order valence-electron chi connectivity index (χ2n) is 11.7. The molecule has 0 radical (unpaired) electrons. The summed E-state index contributed by atoms with van der Waals surface area (Å²) in [5.41, 5.74) is 1.61. The topological polar surface area (TPSA) is 124 Å². The van der Waals surface area contributed by atoms with Gasteiger partial charge >= 0.3 is 7.60 Å². The van der Waals surface area contributed by atoms with Gasteiger partial charge in [-0.1, -0.05) is 51.7 Å². The van der Waals surface area contributed by atoms with E-state index in [1.54, 1.807) is 6.07 Å². The third-order valence-corrected chi connectivity index (χ3v) is 11.2. The highest BCUT2D eigenvalue weighted by Gasteiger charge is 2.49. The standard InChI is InChI=1S/C31H48NO7PS/c1-5-7-18-31(19-8-6-2)23-41(37,38)28-17-14-25(32(3)4)22-27(28)29(30(31)33)24-12-15-26(16-13-24)39-20-10-9-11-21-40(34,35)36/h12-17,22,29-30,33H,5-11,18-21,23H2,1-4H3,(H2,34,35,36)/t29-,30-/m1/s1. The van der Waals surface area contributed by atoms with Gasteiger partial charge in [-0.2, -0.15) is 0 Å². The number of sulfone groups is 1. The molecule has 0 aromatic heterocycles. The van der Waals surface area contributed by atoms with Gasteiger partial charge in [-0.05, 0) is 73.6 Å². The van der Waals surface area contributed by atoms with Gasteiger partial charge < -0.3 is 24.5 Å². The number of hydrogen-bond acceptors (Lipinski definition) is 6. The smallest absolute Gasteiger partial charge is 0.325 e. The van der Waals surface area contributed by atoms with Crippen LogP contribution in [0, 0.1) is 5.41 Å². The van der Waals surface area contributed by atoms with Gasteiger partial charge in [0.05, 0.1) is 23.4 Å². The SMILES string of the molecule is CCCCC1(CCCC)CS(=O)(=O)c2ccc(N(C)C)cc2[C@@H](c2ccc(OCCCCCP(=O)(O)O)cc2)[C@H]1O. The Kier molecular flexibility index (Phi) is 11.9. The highest BCUT2D eigenvalue weighted by Crippen LogP contribution is 2.50. The molecule has 0 bridgehead atoms. The van der Waals surface area contributed by atoms with Gasteiger partial charge in [-0.15, -0.1) is 0 Å². The molecular formula is C31H48NO7PS.